The summed E-state index contributed by atoms with van der Waals surface area (Å²) < 4.78 is 1.99. The fourth-order valence-electron chi connectivity index (χ4n) is 2.61. The number of nitrogens with zero attached hydrogens (tertiary/aromatic N) is 5. The molecule has 0 atom stereocenters. The van der Waals surface area contributed by atoms with Crippen LogP contribution in [0.25, 0.3) is 22.1 Å². The summed E-state index contributed by atoms with van der Waals surface area (Å²) >= 11 is 5.94. The van der Waals surface area contributed by atoms with Gasteiger partial charge in [0.2, 0.25) is 0 Å². The third-order valence-electron chi connectivity index (χ3n) is 3.73. The lowest BCUT2D eigenvalue weighted by molar-refractivity contribution is 0.949. The van der Waals surface area contributed by atoms with Crippen molar-refractivity contribution < 1.29 is 0 Å². The van der Waals surface area contributed by atoms with Gasteiger partial charge in [0.25, 0.3) is 5.95 Å². The molecule has 0 bridgehead atoms. The van der Waals surface area contributed by atoms with Crippen molar-refractivity contribution in [1.29, 1.82) is 0 Å². The summed E-state index contributed by atoms with van der Waals surface area (Å²) in [6, 6.07) is 15.4. The largest absolute Gasteiger partial charge is 0.327 e. The molecule has 0 aliphatic carbocycles. The van der Waals surface area contributed by atoms with Crippen molar-refractivity contribution in [2.75, 3.05) is 5.43 Å². The number of benzene rings is 2. The molecule has 0 amide bonds. The first-order valence-corrected chi connectivity index (χ1v) is 7.72. The summed E-state index contributed by atoms with van der Waals surface area (Å²) in [6.07, 6.45) is 1.65. The number of hydrogen-bond acceptors (Lipinski definition) is 5. The third kappa shape index (κ3) is 2.57. The zero-order valence-corrected chi connectivity index (χ0v) is 13.6. The van der Waals surface area contributed by atoms with Gasteiger partial charge in [0.05, 0.1) is 11.7 Å². The van der Waals surface area contributed by atoms with E-state index in [4.69, 9.17) is 11.6 Å². The Morgan fingerprint density at radius 2 is 2.00 bits per heavy atom. The number of para-hydroxylation sites is 1. The Labute approximate surface area is 142 Å². The van der Waals surface area contributed by atoms with Crippen LogP contribution in [0.1, 0.15) is 5.56 Å². The summed E-state index contributed by atoms with van der Waals surface area (Å²) in [5, 5.41) is 14.2. The molecule has 0 spiro atoms. The summed E-state index contributed by atoms with van der Waals surface area (Å²) in [6.45, 7) is 0. The van der Waals surface area contributed by atoms with E-state index >= 15 is 0 Å². The van der Waals surface area contributed by atoms with Gasteiger partial charge in [-0.1, -0.05) is 41.9 Å². The molecule has 4 rings (SSSR count). The number of aromatic nitrogens is 4. The third-order valence-corrected chi connectivity index (χ3v) is 3.97. The van der Waals surface area contributed by atoms with E-state index in [9.17, 15) is 0 Å². The number of rotatable bonds is 3. The fraction of sp³-hybridized carbons (Fsp3) is 0.0588. The highest BCUT2D eigenvalue weighted by Gasteiger charge is 2.11. The molecule has 6 nitrogen and oxygen atoms in total. The molecule has 0 saturated heterocycles. The first-order valence-electron chi connectivity index (χ1n) is 7.35. The second-order valence-electron chi connectivity index (χ2n) is 5.31. The van der Waals surface area contributed by atoms with Crippen LogP contribution in [-0.4, -0.2) is 26.0 Å². The first kappa shape index (κ1) is 14.6. The van der Waals surface area contributed by atoms with E-state index in [0.717, 1.165) is 27.6 Å². The Kier molecular flexibility index (Phi) is 3.59. The highest BCUT2D eigenvalue weighted by Crippen LogP contribution is 2.24. The highest BCUT2D eigenvalue weighted by atomic mass is 35.5. The molecule has 24 heavy (non-hydrogen) atoms. The predicted molar refractivity (Wildman–Crippen MR) is 96.5 cm³/mol. The maximum Gasteiger partial charge on any atom is 0.265 e. The number of halogens is 1. The van der Waals surface area contributed by atoms with E-state index in [1.807, 2.05) is 60.1 Å². The van der Waals surface area contributed by atoms with Crippen LogP contribution in [0.2, 0.25) is 5.02 Å². The lowest BCUT2D eigenvalue weighted by Crippen LogP contribution is -2.00. The van der Waals surface area contributed by atoms with Crippen molar-refractivity contribution >= 4 is 45.8 Å². The van der Waals surface area contributed by atoms with Crippen molar-refractivity contribution in [2.24, 2.45) is 12.1 Å². The molecule has 2 aromatic carbocycles. The second-order valence-corrected chi connectivity index (χ2v) is 5.75. The Morgan fingerprint density at radius 3 is 2.88 bits per heavy atom. The zero-order valence-electron chi connectivity index (χ0n) is 12.8. The van der Waals surface area contributed by atoms with E-state index in [0.29, 0.717) is 11.0 Å². The quantitative estimate of drug-likeness (QED) is 0.458. The standard InChI is InChI=1S/C17H13ClN6/c1-24-14-8-3-2-7-13(14)15-16(24)20-17(23-21-15)22-19-10-11-5-4-6-12(18)9-11/h2-10H,1H3,(H,20,22,23). The Bertz CT molecular complexity index is 1070. The molecule has 0 aliphatic heterocycles. The van der Waals surface area contributed by atoms with Gasteiger partial charge in [-0.3, -0.25) is 0 Å². The van der Waals surface area contributed by atoms with Gasteiger partial charge in [-0.15, -0.1) is 10.2 Å². The molecule has 2 aromatic heterocycles. The topological polar surface area (TPSA) is 68.0 Å². The van der Waals surface area contributed by atoms with Crippen molar-refractivity contribution in [2.45, 2.75) is 0 Å². The van der Waals surface area contributed by atoms with Crippen LogP contribution in [0.3, 0.4) is 0 Å². The molecule has 0 saturated carbocycles. The second kappa shape index (κ2) is 5.90. The van der Waals surface area contributed by atoms with Crippen LogP contribution in [0.15, 0.2) is 53.6 Å². The number of aryl methyl sites for hydroxylation is 1. The van der Waals surface area contributed by atoms with E-state index < -0.39 is 0 Å². The molecular weight excluding hydrogens is 324 g/mol. The smallest absolute Gasteiger partial charge is 0.265 e. The minimum atomic E-state index is 0.340. The normalized spacial score (nSPS) is 11.6. The number of fused-ring (bicyclic) bond motifs is 3. The number of hydrogen-bond donors (Lipinski definition) is 1. The molecule has 1 N–H and O–H groups in total. The number of nitrogens with one attached hydrogen (secondary N) is 1. The summed E-state index contributed by atoms with van der Waals surface area (Å²) in [5.41, 5.74) is 6.28. The van der Waals surface area contributed by atoms with Crippen LogP contribution in [0.5, 0.6) is 0 Å². The molecule has 118 valence electrons. The average molecular weight is 337 g/mol. The molecule has 7 heteroatoms. The average Bonchev–Trinajstić information content (AvgIpc) is 2.88. The molecule has 2 heterocycles. The predicted octanol–water partition coefficient (Wildman–Crippen LogP) is 3.62. The minimum absolute atomic E-state index is 0.340. The van der Waals surface area contributed by atoms with Gasteiger partial charge in [0, 0.05) is 17.5 Å². The van der Waals surface area contributed by atoms with E-state index in [1.165, 1.54) is 0 Å². The molecule has 4 aromatic rings. The summed E-state index contributed by atoms with van der Waals surface area (Å²) in [4.78, 5) is 4.50. The first-order chi connectivity index (χ1) is 11.7. The van der Waals surface area contributed by atoms with Crippen LogP contribution >= 0.6 is 11.6 Å². The molecule has 0 unspecified atom stereocenters. The van der Waals surface area contributed by atoms with Gasteiger partial charge in [-0.25, -0.2) is 5.43 Å². The van der Waals surface area contributed by atoms with Gasteiger partial charge in [0.15, 0.2) is 5.65 Å². The fourth-order valence-corrected chi connectivity index (χ4v) is 2.80. The Hall–Kier alpha value is -2.99. The minimum Gasteiger partial charge on any atom is -0.327 e. The number of anilines is 1. The van der Waals surface area contributed by atoms with Gasteiger partial charge >= 0.3 is 0 Å². The maximum atomic E-state index is 5.94. The van der Waals surface area contributed by atoms with Crippen molar-refractivity contribution in [3.63, 3.8) is 0 Å². The van der Waals surface area contributed by atoms with E-state index in [-0.39, 0.29) is 0 Å². The molecular formula is C17H13ClN6. The van der Waals surface area contributed by atoms with E-state index in [1.54, 1.807) is 6.21 Å². The van der Waals surface area contributed by atoms with Crippen LogP contribution < -0.4 is 5.43 Å². The number of hydrazone groups is 1. The van der Waals surface area contributed by atoms with Gasteiger partial charge in [-0.05, 0) is 23.8 Å². The monoisotopic (exact) mass is 336 g/mol. The van der Waals surface area contributed by atoms with E-state index in [2.05, 4.69) is 25.7 Å². The lowest BCUT2D eigenvalue weighted by Gasteiger charge is -1.99. The van der Waals surface area contributed by atoms with Crippen LogP contribution in [-0.2, 0) is 7.05 Å². The maximum absolute atomic E-state index is 5.94. The van der Waals surface area contributed by atoms with Crippen LogP contribution in [0, 0.1) is 0 Å². The Balaban J connectivity index is 1.66. The molecule has 0 radical (unpaired) electrons. The lowest BCUT2D eigenvalue weighted by atomic mass is 10.2. The summed E-state index contributed by atoms with van der Waals surface area (Å²) in [7, 11) is 1.96. The van der Waals surface area contributed by atoms with Gasteiger partial charge < -0.3 is 4.57 Å². The van der Waals surface area contributed by atoms with Crippen molar-refractivity contribution in [3.05, 3.63) is 59.1 Å². The van der Waals surface area contributed by atoms with Crippen molar-refractivity contribution in [3.8, 4) is 0 Å². The molecule has 0 aliphatic rings. The molecule has 0 fully saturated rings. The SMILES string of the molecule is Cn1c2ccccc2c2nnc(NN=Cc3cccc(Cl)c3)nc21. The van der Waals surface area contributed by atoms with Gasteiger partial charge in [-0.2, -0.15) is 10.1 Å². The van der Waals surface area contributed by atoms with Crippen molar-refractivity contribution in [1.82, 2.24) is 19.7 Å². The van der Waals surface area contributed by atoms with Gasteiger partial charge in [0.1, 0.15) is 5.52 Å². The summed E-state index contributed by atoms with van der Waals surface area (Å²) in [5.74, 6) is 0.340. The zero-order chi connectivity index (χ0) is 16.5. The Morgan fingerprint density at radius 1 is 1.12 bits per heavy atom. The van der Waals surface area contributed by atoms with Crippen LogP contribution in [0.4, 0.5) is 5.95 Å². The highest BCUT2D eigenvalue weighted by molar-refractivity contribution is 6.30.